The number of anilines is 3. The minimum atomic E-state index is -0.606. The maximum absolute atomic E-state index is 13.6. The number of nitrogens with one attached hydrogen (secondary N) is 3. The molecule has 3 atom stereocenters. The van der Waals surface area contributed by atoms with Crippen molar-refractivity contribution >= 4 is 34.9 Å². The van der Waals surface area contributed by atoms with Crippen LogP contribution in [0.3, 0.4) is 0 Å². The molecule has 1 unspecified atom stereocenters. The molecule has 3 aliphatic rings. The average Bonchev–Trinajstić information content (AvgIpc) is 3.69. The van der Waals surface area contributed by atoms with Gasteiger partial charge in [0, 0.05) is 54.2 Å². The van der Waals surface area contributed by atoms with Crippen LogP contribution in [0.2, 0.25) is 0 Å². The van der Waals surface area contributed by atoms with Crippen molar-refractivity contribution in [2.24, 2.45) is 5.73 Å². The summed E-state index contributed by atoms with van der Waals surface area (Å²) >= 11 is 0. The lowest BCUT2D eigenvalue weighted by Gasteiger charge is -2.40. The molecule has 1 saturated carbocycles. The molecule has 0 spiro atoms. The standard InChI is InChI=1S/C37H47N7O5/c1-43(2)16-17-49-33-21-26(10-14-32(33)48-3)40-31-18-23(8-13-30(31)35(38)45)36(46)42-27-19-28-11-12-29(20-27)44(28)34-15-9-24(22-39-34)37(47)41-25-6-4-5-7-25/h8-10,13-15,18,21-22,25,27-29,40H,4-7,11-12,16-17,19-20H2,1-3H3,(H2,38,45)(H,41,47)(H,42,46)/t27?,28-,29+. The number of nitrogens with two attached hydrogens (primary N) is 1. The largest absolute Gasteiger partial charge is 0.493 e. The van der Waals surface area contributed by atoms with Crippen LogP contribution >= 0.6 is 0 Å². The number of aromatic nitrogens is 1. The molecule has 6 rings (SSSR count). The number of ether oxygens (including phenoxy) is 2. The molecule has 5 N–H and O–H groups in total. The van der Waals surface area contributed by atoms with Crippen LogP contribution in [0.5, 0.6) is 11.5 Å². The van der Waals surface area contributed by atoms with Crippen molar-refractivity contribution in [3.05, 3.63) is 71.4 Å². The molecule has 2 aromatic carbocycles. The molecule has 49 heavy (non-hydrogen) atoms. The highest BCUT2D eigenvalue weighted by Gasteiger charge is 2.42. The third kappa shape index (κ3) is 8.07. The zero-order valence-electron chi connectivity index (χ0n) is 28.5. The molecular weight excluding hydrogens is 622 g/mol. The van der Waals surface area contributed by atoms with E-state index in [0.29, 0.717) is 40.6 Å². The number of pyridine rings is 1. The van der Waals surface area contributed by atoms with Crippen LogP contribution in [0.25, 0.3) is 0 Å². The average molecular weight is 670 g/mol. The number of fused-ring (bicyclic) bond motifs is 2. The molecule has 3 aromatic rings. The molecule has 260 valence electrons. The van der Waals surface area contributed by atoms with Gasteiger partial charge in [0.1, 0.15) is 12.4 Å². The van der Waals surface area contributed by atoms with E-state index in [1.165, 1.54) is 12.8 Å². The van der Waals surface area contributed by atoms with Gasteiger partial charge in [-0.3, -0.25) is 14.4 Å². The van der Waals surface area contributed by atoms with Crippen LogP contribution in [-0.4, -0.2) is 86.1 Å². The Labute approximate surface area is 287 Å². The Morgan fingerprint density at radius 3 is 2.22 bits per heavy atom. The number of nitrogens with zero attached hydrogens (tertiary/aromatic N) is 3. The number of rotatable bonds is 13. The number of primary amides is 1. The molecule has 1 aromatic heterocycles. The van der Waals surface area contributed by atoms with E-state index in [-0.39, 0.29) is 41.5 Å². The SMILES string of the molecule is COc1ccc(Nc2cc(C(=O)NC3C[C@H]4CC[C@@H](C3)N4c3ccc(C(=O)NC4CCCC4)cn3)ccc2C(N)=O)cc1OCCN(C)C. The molecule has 3 heterocycles. The summed E-state index contributed by atoms with van der Waals surface area (Å²) in [7, 11) is 5.52. The van der Waals surface area contributed by atoms with Gasteiger partial charge in [0.2, 0.25) is 0 Å². The Morgan fingerprint density at radius 1 is 0.878 bits per heavy atom. The summed E-state index contributed by atoms with van der Waals surface area (Å²) in [5.74, 6) is 1.14. The smallest absolute Gasteiger partial charge is 0.253 e. The Morgan fingerprint density at radius 2 is 1.57 bits per heavy atom. The van der Waals surface area contributed by atoms with Crippen LogP contribution in [0.15, 0.2) is 54.7 Å². The fraction of sp³-hybridized carbons (Fsp3) is 0.459. The van der Waals surface area contributed by atoms with E-state index in [1.54, 1.807) is 43.6 Å². The van der Waals surface area contributed by atoms with Gasteiger partial charge in [0.05, 0.1) is 23.9 Å². The van der Waals surface area contributed by atoms with E-state index < -0.39 is 5.91 Å². The second kappa shape index (κ2) is 15.1. The van der Waals surface area contributed by atoms with Gasteiger partial charge in [0.15, 0.2) is 11.5 Å². The van der Waals surface area contributed by atoms with Gasteiger partial charge in [-0.15, -0.1) is 0 Å². The quantitative estimate of drug-likeness (QED) is 0.207. The fourth-order valence-corrected chi connectivity index (χ4v) is 7.31. The second-order valence-electron chi connectivity index (χ2n) is 13.6. The monoisotopic (exact) mass is 669 g/mol. The Kier molecular flexibility index (Phi) is 10.5. The Balaban J connectivity index is 1.10. The minimum absolute atomic E-state index is 0.00611. The number of hydrogen-bond acceptors (Lipinski definition) is 9. The highest BCUT2D eigenvalue weighted by Crippen LogP contribution is 2.39. The van der Waals surface area contributed by atoms with Gasteiger partial charge in [-0.1, -0.05) is 12.8 Å². The molecule has 2 bridgehead atoms. The Hall–Kier alpha value is -4.84. The summed E-state index contributed by atoms with van der Waals surface area (Å²) in [5.41, 5.74) is 8.06. The molecule has 0 radical (unpaired) electrons. The molecule has 3 fully saturated rings. The number of hydrogen-bond donors (Lipinski definition) is 4. The number of piperidine rings is 1. The van der Waals surface area contributed by atoms with E-state index in [1.807, 2.05) is 37.2 Å². The van der Waals surface area contributed by atoms with Crippen LogP contribution in [0.4, 0.5) is 17.2 Å². The summed E-state index contributed by atoms with van der Waals surface area (Å²) in [6.07, 6.45) is 9.73. The summed E-state index contributed by atoms with van der Waals surface area (Å²) in [6.45, 7) is 1.20. The van der Waals surface area contributed by atoms with Gasteiger partial charge in [-0.2, -0.15) is 0 Å². The number of methoxy groups -OCH3 is 1. The lowest BCUT2D eigenvalue weighted by atomic mass is 9.96. The number of amides is 3. The summed E-state index contributed by atoms with van der Waals surface area (Å²) < 4.78 is 11.4. The van der Waals surface area contributed by atoms with E-state index in [9.17, 15) is 14.4 Å². The van der Waals surface area contributed by atoms with E-state index in [4.69, 9.17) is 20.2 Å². The third-order valence-corrected chi connectivity index (χ3v) is 9.82. The summed E-state index contributed by atoms with van der Waals surface area (Å²) in [6, 6.07) is 14.8. The molecule has 12 heteroatoms. The molecule has 1 aliphatic carbocycles. The summed E-state index contributed by atoms with van der Waals surface area (Å²) in [5, 5.41) is 9.62. The van der Waals surface area contributed by atoms with E-state index in [0.717, 1.165) is 50.9 Å². The maximum atomic E-state index is 13.6. The second-order valence-corrected chi connectivity index (χ2v) is 13.6. The highest BCUT2D eigenvalue weighted by molar-refractivity contribution is 6.02. The molecular formula is C37H47N7O5. The van der Waals surface area contributed by atoms with E-state index >= 15 is 0 Å². The topological polar surface area (TPSA) is 151 Å². The zero-order valence-corrected chi connectivity index (χ0v) is 28.5. The van der Waals surface area contributed by atoms with Crippen molar-refractivity contribution in [3.63, 3.8) is 0 Å². The van der Waals surface area contributed by atoms with Crippen molar-refractivity contribution in [2.45, 2.75) is 75.5 Å². The lowest BCUT2D eigenvalue weighted by Crippen LogP contribution is -2.50. The van der Waals surface area contributed by atoms with Gasteiger partial charge in [-0.05, 0) is 95.1 Å². The zero-order chi connectivity index (χ0) is 34.5. The number of carbonyl (C=O) groups is 3. The first-order valence-corrected chi connectivity index (χ1v) is 17.2. The van der Waals surface area contributed by atoms with Crippen LogP contribution < -0.4 is 36.1 Å². The van der Waals surface area contributed by atoms with Crippen molar-refractivity contribution in [2.75, 3.05) is 44.6 Å². The third-order valence-electron chi connectivity index (χ3n) is 9.82. The van der Waals surface area contributed by atoms with Crippen molar-refractivity contribution in [3.8, 4) is 11.5 Å². The van der Waals surface area contributed by atoms with Gasteiger partial charge in [0.25, 0.3) is 17.7 Å². The van der Waals surface area contributed by atoms with Gasteiger partial charge in [-0.25, -0.2) is 4.98 Å². The number of carbonyl (C=O) groups excluding carboxylic acids is 3. The molecule has 2 aliphatic heterocycles. The summed E-state index contributed by atoms with van der Waals surface area (Å²) in [4.78, 5) is 47.7. The normalized spacial score (nSPS) is 20.2. The Bertz CT molecular complexity index is 1640. The number of likely N-dealkylation sites (N-methyl/N-ethyl adjacent to an activating group) is 1. The van der Waals surface area contributed by atoms with Gasteiger partial charge >= 0.3 is 0 Å². The van der Waals surface area contributed by atoms with E-state index in [2.05, 4.69) is 20.9 Å². The molecule has 3 amide bonds. The first-order chi connectivity index (χ1) is 23.7. The van der Waals surface area contributed by atoms with Crippen molar-refractivity contribution in [1.82, 2.24) is 20.5 Å². The lowest BCUT2D eigenvalue weighted by molar-refractivity contribution is 0.0922. The van der Waals surface area contributed by atoms with Crippen LogP contribution in [0, 0.1) is 0 Å². The van der Waals surface area contributed by atoms with Crippen molar-refractivity contribution < 1.29 is 23.9 Å². The first-order valence-electron chi connectivity index (χ1n) is 17.2. The predicted molar refractivity (Wildman–Crippen MR) is 189 cm³/mol. The van der Waals surface area contributed by atoms with Crippen molar-refractivity contribution in [1.29, 1.82) is 0 Å². The predicted octanol–water partition coefficient (Wildman–Crippen LogP) is 4.48. The maximum Gasteiger partial charge on any atom is 0.253 e. The van der Waals surface area contributed by atoms with Gasteiger partial charge < -0.3 is 41.0 Å². The molecule has 2 saturated heterocycles. The minimum Gasteiger partial charge on any atom is -0.493 e. The number of benzene rings is 2. The highest BCUT2D eigenvalue weighted by atomic mass is 16.5. The fourth-order valence-electron chi connectivity index (χ4n) is 7.31. The molecule has 12 nitrogen and oxygen atoms in total. The van der Waals surface area contributed by atoms with Crippen LogP contribution in [0.1, 0.15) is 82.4 Å². The van der Waals surface area contributed by atoms with Crippen LogP contribution in [-0.2, 0) is 0 Å². The first kappa shape index (κ1) is 34.0.